The lowest BCUT2D eigenvalue weighted by Crippen LogP contribution is -2.54. The van der Waals surface area contributed by atoms with Crippen molar-refractivity contribution in [2.45, 2.75) is 65.7 Å². The van der Waals surface area contributed by atoms with Crippen molar-refractivity contribution in [3.8, 4) is 0 Å². The van der Waals surface area contributed by atoms with Gasteiger partial charge >= 0.3 is 0 Å². The van der Waals surface area contributed by atoms with Crippen molar-refractivity contribution < 1.29 is 4.79 Å². The highest BCUT2D eigenvalue weighted by Crippen LogP contribution is 2.30. The van der Waals surface area contributed by atoms with Crippen LogP contribution < -0.4 is 5.32 Å². The van der Waals surface area contributed by atoms with Crippen molar-refractivity contribution >= 4 is 5.91 Å². The fourth-order valence-corrected chi connectivity index (χ4v) is 3.95. The van der Waals surface area contributed by atoms with Gasteiger partial charge in [-0.15, -0.1) is 0 Å². The molecule has 0 aliphatic carbocycles. The molecule has 0 aromatic rings. The van der Waals surface area contributed by atoms with E-state index in [-0.39, 0.29) is 12.2 Å². The number of amides is 1. The molecule has 0 spiro atoms. The van der Waals surface area contributed by atoms with Gasteiger partial charge in [0, 0.05) is 12.6 Å². The number of rotatable bonds is 4. The molecule has 4 atom stereocenters. The minimum atomic E-state index is 0.0178. The standard InChI is InChI=1S/C17H33N3O/c1-11(2)9-14-17(21)20(16(18-14)12(3)4)15-7-8-19(6)10-13(15)5/h11-16,18H,7-10H2,1-6H3. The van der Waals surface area contributed by atoms with Crippen LogP contribution in [0, 0.1) is 17.8 Å². The number of nitrogens with zero attached hydrogens (tertiary/aromatic N) is 2. The third-order valence-electron chi connectivity index (χ3n) is 4.98. The highest BCUT2D eigenvalue weighted by atomic mass is 16.2. The minimum Gasteiger partial charge on any atom is -0.322 e. The summed E-state index contributed by atoms with van der Waals surface area (Å²) in [5, 5.41) is 3.61. The normalized spacial score (nSPS) is 35.2. The highest BCUT2D eigenvalue weighted by molar-refractivity contribution is 5.84. The number of hydrogen-bond donors (Lipinski definition) is 1. The quantitative estimate of drug-likeness (QED) is 0.863. The van der Waals surface area contributed by atoms with Gasteiger partial charge in [0.25, 0.3) is 0 Å². The molecule has 1 amide bonds. The summed E-state index contributed by atoms with van der Waals surface area (Å²) in [7, 11) is 2.18. The Morgan fingerprint density at radius 1 is 1.29 bits per heavy atom. The first kappa shape index (κ1) is 16.8. The van der Waals surface area contributed by atoms with Gasteiger partial charge in [0.1, 0.15) is 0 Å². The van der Waals surface area contributed by atoms with Crippen LogP contribution in [-0.2, 0) is 4.79 Å². The summed E-state index contributed by atoms with van der Waals surface area (Å²) in [6.07, 6.45) is 2.25. The molecule has 0 aromatic carbocycles. The number of likely N-dealkylation sites (tertiary alicyclic amines) is 1. The van der Waals surface area contributed by atoms with Crippen LogP contribution in [0.15, 0.2) is 0 Å². The zero-order valence-corrected chi connectivity index (χ0v) is 14.6. The van der Waals surface area contributed by atoms with E-state index in [9.17, 15) is 4.79 Å². The second-order valence-corrected chi connectivity index (χ2v) is 7.88. The Labute approximate surface area is 130 Å². The predicted octanol–water partition coefficient (Wildman–Crippen LogP) is 2.16. The SMILES string of the molecule is CC(C)CC1NC(C(C)C)N(C2CCN(C)CC2C)C1=O. The lowest BCUT2D eigenvalue weighted by atomic mass is 9.91. The van der Waals surface area contributed by atoms with E-state index in [1.165, 1.54) is 0 Å². The molecule has 4 nitrogen and oxygen atoms in total. The largest absolute Gasteiger partial charge is 0.322 e. The first-order chi connectivity index (χ1) is 9.81. The van der Waals surface area contributed by atoms with Crippen molar-refractivity contribution in [2.75, 3.05) is 20.1 Å². The van der Waals surface area contributed by atoms with Gasteiger partial charge in [-0.25, -0.2) is 0 Å². The van der Waals surface area contributed by atoms with Crippen molar-refractivity contribution in [3.63, 3.8) is 0 Å². The average molecular weight is 295 g/mol. The van der Waals surface area contributed by atoms with Crippen molar-refractivity contribution in [1.29, 1.82) is 0 Å². The third kappa shape index (κ3) is 3.59. The molecule has 0 saturated carbocycles. The number of carbonyl (C=O) groups is 1. The molecule has 2 rings (SSSR count). The van der Waals surface area contributed by atoms with Crippen molar-refractivity contribution in [1.82, 2.24) is 15.1 Å². The van der Waals surface area contributed by atoms with Crippen molar-refractivity contribution in [3.05, 3.63) is 0 Å². The van der Waals surface area contributed by atoms with E-state index in [1.807, 2.05) is 0 Å². The van der Waals surface area contributed by atoms with Crippen LogP contribution in [0.4, 0.5) is 0 Å². The molecule has 21 heavy (non-hydrogen) atoms. The molecular formula is C17H33N3O. The number of carbonyl (C=O) groups excluding carboxylic acids is 1. The Morgan fingerprint density at radius 3 is 2.48 bits per heavy atom. The molecular weight excluding hydrogens is 262 g/mol. The van der Waals surface area contributed by atoms with E-state index in [0.717, 1.165) is 25.9 Å². The molecule has 2 saturated heterocycles. The monoisotopic (exact) mass is 295 g/mol. The van der Waals surface area contributed by atoms with Crippen LogP contribution in [0.1, 0.15) is 47.5 Å². The summed E-state index contributed by atoms with van der Waals surface area (Å²) >= 11 is 0. The topological polar surface area (TPSA) is 35.6 Å². The zero-order valence-electron chi connectivity index (χ0n) is 14.6. The maximum absolute atomic E-state index is 12.9. The average Bonchev–Trinajstić information content (AvgIpc) is 2.67. The van der Waals surface area contributed by atoms with E-state index >= 15 is 0 Å². The first-order valence-electron chi connectivity index (χ1n) is 8.58. The molecule has 0 radical (unpaired) electrons. The number of piperidine rings is 1. The van der Waals surface area contributed by atoms with Crippen LogP contribution >= 0.6 is 0 Å². The summed E-state index contributed by atoms with van der Waals surface area (Å²) in [4.78, 5) is 17.5. The van der Waals surface area contributed by atoms with Crippen molar-refractivity contribution in [2.24, 2.45) is 17.8 Å². The number of hydrogen-bond acceptors (Lipinski definition) is 3. The molecule has 2 aliphatic rings. The Bertz CT molecular complexity index is 369. The Hall–Kier alpha value is -0.610. The second kappa shape index (κ2) is 6.66. The number of nitrogens with one attached hydrogen (secondary N) is 1. The maximum atomic E-state index is 12.9. The summed E-state index contributed by atoms with van der Waals surface area (Å²) < 4.78 is 0. The van der Waals surface area contributed by atoms with Gasteiger partial charge in [0.05, 0.1) is 12.2 Å². The lowest BCUT2D eigenvalue weighted by molar-refractivity contribution is -0.135. The van der Waals surface area contributed by atoms with Gasteiger partial charge in [-0.1, -0.05) is 34.6 Å². The van der Waals surface area contributed by atoms with Crippen LogP contribution in [0.25, 0.3) is 0 Å². The van der Waals surface area contributed by atoms with Gasteiger partial charge in [-0.3, -0.25) is 10.1 Å². The van der Waals surface area contributed by atoms with E-state index in [0.29, 0.717) is 29.7 Å². The summed E-state index contributed by atoms with van der Waals surface area (Å²) in [5.74, 6) is 1.89. The Kier molecular flexibility index (Phi) is 5.31. The third-order valence-corrected chi connectivity index (χ3v) is 4.98. The van der Waals surface area contributed by atoms with E-state index in [1.54, 1.807) is 0 Å². The molecule has 1 N–H and O–H groups in total. The fourth-order valence-electron chi connectivity index (χ4n) is 3.95. The summed E-state index contributed by atoms with van der Waals surface area (Å²) in [6.45, 7) is 13.3. The highest BCUT2D eigenvalue weighted by Gasteiger charge is 2.45. The summed E-state index contributed by atoms with van der Waals surface area (Å²) in [5.41, 5.74) is 0. The van der Waals surface area contributed by atoms with E-state index < -0.39 is 0 Å². The second-order valence-electron chi connectivity index (χ2n) is 7.88. The molecule has 0 bridgehead atoms. The predicted molar refractivity (Wildman–Crippen MR) is 86.9 cm³/mol. The van der Waals surface area contributed by atoms with Gasteiger partial charge in [-0.05, 0) is 44.2 Å². The summed E-state index contributed by atoms with van der Waals surface area (Å²) in [6, 6.07) is 0.412. The fraction of sp³-hybridized carbons (Fsp3) is 0.941. The van der Waals surface area contributed by atoms with Gasteiger partial charge in [-0.2, -0.15) is 0 Å². The van der Waals surface area contributed by atoms with Crippen LogP contribution in [0.2, 0.25) is 0 Å². The molecule has 4 unspecified atom stereocenters. The molecule has 4 heteroatoms. The minimum absolute atomic E-state index is 0.0178. The Morgan fingerprint density at radius 2 is 1.95 bits per heavy atom. The lowest BCUT2D eigenvalue weighted by Gasteiger charge is -2.43. The van der Waals surface area contributed by atoms with Crippen LogP contribution in [-0.4, -0.2) is 54.1 Å². The maximum Gasteiger partial charge on any atom is 0.241 e. The molecule has 2 fully saturated rings. The van der Waals surface area contributed by atoms with E-state index in [2.05, 4.69) is 56.8 Å². The smallest absolute Gasteiger partial charge is 0.241 e. The van der Waals surface area contributed by atoms with Gasteiger partial charge in [0.2, 0.25) is 5.91 Å². The van der Waals surface area contributed by atoms with E-state index in [4.69, 9.17) is 0 Å². The Balaban J connectivity index is 2.16. The van der Waals surface area contributed by atoms with Crippen LogP contribution in [0.3, 0.4) is 0 Å². The molecule has 0 aromatic heterocycles. The van der Waals surface area contributed by atoms with Gasteiger partial charge < -0.3 is 9.80 Å². The molecule has 2 heterocycles. The first-order valence-corrected chi connectivity index (χ1v) is 8.58. The molecule has 2 aliphatic heterocycles. The van der Waals surface area contributed by atoms with Gasteiger partial charge in [0.15, 0.2) is 0 Å². The zero-order chi connectivity index (χ0) is 15.7. The molecule has 122 valence electrons. The van der Waals surface area contributed by atoms with Crippen LogP contribution in [0.5, 0.6) is 0 Å².